The molecule has 150 valence electrons. The van der Waals surface area contributed by atoms with Crippen molar-refractivity contribution in [2.75, 3.05) is 13.2 Å². The molecule has 0 radical (unpaired) electrons. The molecular formula is C22H29N3O3. The number of nitrogens with zero attached hydrogens (tertiary/aromatic N) is 3. The summed E-state index contributed by atoms with van der Waals surface area (Å²) in [5.41, 5.74) is 0.870. The summed E-state index contributed by atoms with van der Waals surface area (Å²) < 4.78 is 11.2. The van der Waals surface area contributed by atoms with Crippen molar-refractivity contribution in [1.82, 2.24) is 15.0 Å². The van der Waals surface area contributed by atoms with E-state index in [4.69, 9.17) is 9.26 Å². The van der Waals surface area contributed by atoms with E-state index in [9.17, 15) is 4.79 Å². The molecule has 6 heteroatoms. The summed E-state index contributed by atoms with van der Waals surface area (Å²) in [5.74, 6) is 2.26. The van der Waals surface area contributed by atoms with E-state index >= 15 is 0 Å². The number of hydrogen-bond acceptors (Lipinski definition) is 5. The standard InChI is InChI=1S/C22H29N3O3/c1-2-3-13-27-19-11-9-16(10-12-19)22-23-21(24-28-22)17-14-20(26)25(15-17)18-7-5-4-6-8-18/h9-12,17-18H,2-8,13-15H2,1H3/t17-/m1/s1. The average Bonchev–Trinajstić information content (AvgIpc) is 3.36. The maximum Gasteiger partial charge on any atom is 0.257 e. The summed E-state index contributed by atoms with van der Waals surface area (Å²) in [4.78, 5) is 19.1. The van der Waals surface area contributed by atoms with Crippen molar-refractivity contribution in [2.24, 2.45) is 0 Å². The van der Waals surface area contributed by atoms with Crippen molar-refractivity contribution < 1.29 is 14.1 Å². The zero-order chi connectivity index (χ0) is 19.3. The number of benzene rings is 1. The lowest BCUT2D eigenvalue weighted by Crippen LogP contribution is -2.37. The van der Waals surface area contributed by atoms with Gasteiger partial charge in [-0.25, -0.2) is 0 Å². The number of likely N-dealkylation sites (tertiary alicyclic amines) is 1. The highest BCUT2D eigenvalue weighted by molar-refractivity contribution is 5.80. The van der Waals surface area contributed by atoms with Crippen LogP contribution in [0, 0.1) is 0 Å². The van der Waals surface area contributed by atoms with Crippen LogP contribution in [0.5, 0.6) is 5.75 Å². The Morgan fingerprint density at radius 2 is 1.96 bits per heavy atom. The Morgan fingerprint density at radius 1 is 1.18 bits per heavy atom. The molecule has 1 amide bonds. The molecule has 1 aromatic heterocycles. The Labute approximate surface area is 166 Å². The minimum Gasteiger partial charge on any atom is -0.494 e. The van der Waals surface area contributed by atoms with Gasteiger partial charge in [0.05, 0.1) is 6.61 Å². The van der Waals surface area contributed by atoms with Crippen LogP contribution in [0.4, 0.5) is 0 Å². The highest BCUT2D eigenvalue weighted by atomic mass is 16.5. The van der Waals surface area contributed by atoms with Gasteiger partial charge in [-0.15, -0.1) is 0 Å². The van der Waals surface area contributed by atoms with E-state index in [1.54, 1.807) is 0 Å². The van der Waals surface area contributed by atoms with Gasteiger partial charge < -0.3 is 14.2 Å². The Kier molecular flexibility index (Phi) is 5.93. The lowest BCUT2D eigenvalue weighted by molar-refractivity contribution is -0.130. The molecule has 1 saturated carbocycles. The molecule has 6 nitrogen and oxygen atoms in total. The molecule has 2 aromatic rings. The highest BCUT2D eigenvalue weighted by Gasteiger charge is 2.37. The van der Waals surface area contributed by atoms with Crippen molar-refractivity contribution in [2.45, 2.75) is 70.3 Å². The van der Waals surface area contributed by atoms with Gasteiger partial charge in [-0.1, -0.05) is 37.8 Å². The minimum absolute atomic E-state index is 0.0311. The summed E-state index contributed by atoms with van der Waals surface area (Å²) >= 11 is 0. The van der Waals surface area contributed by atoms with Crippen molar-refractivity contribution in [3.8, 4) is 17.2 Å². The molecule has 1 aliphatic heterocycles. The van der Waals surface area contributed by atoms with Crippen molar-refractivity contribution in [1.29, 1.82) is 0 Å². The molecule has 1 saturated heterocycles. The SMILES string of the molecule is CCCCOc1ccc(-c2nc([C@@H]3CC(=O)N(C4CCCCC4)C3)no2)cc1. The van der Waals surface area contributed by atoms with Crippen LogP contribution in [0.15, 0.2) is 28.8 Å². The first-order valence-electron chi connectivity index (χ1n) is 10.6. The van der Waals surface area contributed by atoms with Crippen LogP contribution in [0.2, 0.25) is 0 Å². The molecular weight excluding hydrogens is 354 g/mol. The van der Waals surface area contributed by atoms with Crippen molar-refractivity contribution >= 4 is 5.91 Å². The predicted octanol–water partition coefficient (Wildman–Crippen LogP) is 4.56. The second-order valence-electron chi connectivity index (χ2n) is 7.92. The van der Waals surface area contributed by atoms with Crippen molar-refractivity contribution in [3.05, 3.63) is 30.1 Å². The van der Waals surface area contributed by atoms with Gasteiger partial charge >= 0.3 is 0 Å². The number of rotatable bonds is 7. The van der Waals surface area contributed by atoms with Gasteiger partial charge in [-0.3, -0.25) is 4.79 Å². The van der Waals surface area contributed by atoms with Gasteiger partial charge in [0.2, 0.25) is 5.91 Å². The molecule has 0 unspecified atom stereocenters. The van der Waals surface area contributed by atoms with E-state index in [0.717, 1.165) is 43.6 Å². The molecule has 0 spiro atoms. The molecule has 0 N–H and O–H groups in total. The Morgan fingerprint density at radius 3 is 2.71 bits per heavy atom. The van der Waals surface area contributed by atoms with Crippen LogP contribution in [0.1, 0.15) is 70.0 Å². The molecule has 2 heterocycles. The normalized spacial score (nSPS) is 20.7. The molecule has 1 aliphatic carbocycles. The topological polar surface area (TPSA) is 68.5 Å². The quantitative estimate of drug-likeness (QED) is 0.656. The summed E-state index contributed by atoms with van der Waals surface area (Å²) in [7, 11) is 0. The van der Waals surface area contributed by atoms with Gasteiger partial charge in [0.1, 0.15) is 5.75 Å². The van der Waals surface area contributed by atoms with Gasteiger partial charge in [0.25, 0.3) is 5.89 Å². The van der Waals surface area contributed by atoms with Crippen molar-refractivity contribution in [3.63, 3.8) is 0 Å². The fourth-order valence-electron chi connectivity index (χ4n) is 4.20. The fraction of sp³-hybridized carbons (Fsp3) is 0.591. The zero-order valence-corrected chi connectivity index (χ0v) is 16.6. The Bertz CT molecular complexity index is 781. The van der Waals surface area contributed by atoms with Gasteiger partial charge in [0.15, 0.2) is 5.82 Å². The Hall–Kier alpha value is -2.37. The number of carbonyl (C=O) groups excluding carboxylic acids is 1. The molecule has 1 aromatic carbocycles. The van der Waals surface area contributed by atoms with Crippen LogP contribution in [0.3, 0.4) is 0 Å². The molecule has 2 aliphatic rings. The lowest BCUT2D eigenvalue weighted by atomic mass is 9.94. The smallest absolute Gasteiger partial charge is 0.257 e. The first kappa shape index (κ1) is 19.0. The average molecular weight is 383 g/mol. The number of ether oxygens (including phenoxy) is 1. The third-order valence-electron chi connectivity index (χ3n) is 5.85. The maximum atomic E-state index is 12.5. The van der Waals surface area contributed by atoms with E-state index in [-0.39, 0.29) is 11.8 Å². The first-order valence-corrected chi connectivity index (χ1v) is 10.6. The number of hydrogen-bond donors (Lipinski definition) is 0. The fourth-order valence-corrected chi connectivity index (χ4v) is 4.20. The van der Waals surface area contributed by atoms with Crippen LogP contribution >= 0.6 is 0 Å². The van der Waals surface area contributed by atoms with E-state index in [1.165, 1.54) is 19.3 Å². The third-order valence-corrected chi connectivity index (χ3v) is 5.85. The molecule has 0 bridgehead atoms. The second-order valence-corrected chi connectivity index (χ2v) is 7.92. The van der Waals surface area contributed by atoms with Gasteiger partial charge in [-0.2, -0.15) is 4.98 Å². The van der Waals surface area contributed by atoms with Gasteiger partial charge in [0, 0.05) is 30.5 Å². The van der Waals surface area contributed by atoms with Crippen LogP contribution in [-0.4, -0.2) is 40.1 Å². The molecule has 4 rings (SSSR count). The Balaban J connectivity index is 1.39. The number of aromatic nitrogens is 2. The summed E-state index contributed by atoms with van der Waals surface area (Å²) in [6.45, 7) is 3.59. The number of carbonyl (C=O) groups is 1. The maximum absolute atomic E-state index is 12.5. The molecule has 2 fully saturated rings. The van der Waals surface area contributed by atoms with Gasteiger partial charge in [-0.05, 0) is 43.5 Å². The summed E-state index contributed by atoms with van der Waals surface area (Å²) in [6, 6.07) is 8.13. The van der Waals surface area contributed by atoms with E-state index in [2.05, 4.69) is 22.0 Å². The van der Waals surface area contributed by atoms with E-state index in [0.29, 0.717) is 30.7 Å². The molecule has 28 heavy (non-hydrogen) atoms. The minimum atomic E-state index is 0.0311. The van der Waals surface area contributed by atoms with Crippen LogP contribution in [-0.2, 0) is 4.79 Å². The zero-order valence-electron chi connectivity index (χ0n) is 16.6. The lowest BCUT2D eigenvalue weighted by Gasteiger charge is -2.31. The summed E-state index contributed by atoms with van der Waals surface area (Å²) in [5, 5.41) is 4.18. The largest absolute Gasteiger partial charge is 0.494 e. The summed E-state index contributed by atoms with van der Waals surface area (Å²) in [6.07, 6.45) is 8.65. The monoisotopic (exact) mass is 383 g/mol. The number of amides is 1. The highest BCUT2D eigenvalue weighted by Crippen LogP contribution is 2.33. The second kappa shape index (κ2) is 8.76. The van der Waals surface area contributed by atoms with E-state index in [1.807, 2.05) is 24.3 Å². The molecule has 1 atom stereocenters. The predicted molar refractivity (Wildman–Crippen MR) is 106 cm³/mol. The van der Waals surface area contributed by atoms with Crippen LogP contribution < -0.4 is 4.74 Å². The van der Waals surface area contributed by atoms with Crippen LogP contribution in [0.25, 0.3) is 11.5 Å². The van der Waals surface area contributed by atoms with E-state index < -0.39 is 0 Å². The number of unbranched alkanes of at least 4 members (excludes halogenated alkanes) is 1. The third kappa shape index (κ3) is 4.21. The first-order chi connectivity index (χ1) is 13.7.